The van der Waals surface area contributed by atoms with E-state index < -0.39 is 0 Å². The summed E-state index contributed by atoms with van der Waals surface area (Å²) in [5, 5.41) is 4.09. The van der Waals surface area contributed by atoms with Crippen molar-refractivity contribution < 1.29 is 13.6 Å². The number of rotatable bonds is 7. The number of carbonyl (C=O) groups excluding carboxylic acids is 1. The molecule has 1 aliphatic rings. The highest BCUT2D eigenvalue weighted by Gasteiger charge is 2.23. The molecule has 1 aliphatic carbocycles. The standard InChI is InChI=1S/C22H21N3O4S2/c26-18(23-11-14-5-3-9-28-14)13-30-22-24-20-19(16-7-1-2-8-17(16)31-20)21(27)25(22)12-15-6-4-10-29-15/h3-6,9-10H,1-2,7-8,11-13H2,(H,23,26). The first-order valence-corrected chi connectivity index (χ1v) is 12.0. The molecular formula is C22H21N3O4S2. The van der Waals surface area contributed by atoms with Crippen molar-refractivity contribution in [2.45, 2.75) is 43.9 Å². The Morgan fingerprint density at radius 1 is 1.16 bits per heavy atom. The van der Waals surface area contributed by atoms with Gasteiger partial charge in [-0.15, -0.1) is 11.3 Å². The van der Waals surface area contributed by atoms with Crippen LogP contribution >= 0.6 is 23.1 Å². The fourth-order valence-corrected chi connectivity index (χ4v) is 5.94. The number of furan rings is 2. The number of nitrogens with one attached hydrogen (secondary N) is 1. The predicted octanol–water partition coefficient (Wildman–Crippen LogP) is 3.98. The summed E-state index contributed by atoms with van der Waals surface area (Å²) in [6.07, 6.45) is 7.35. The first kappa shape index (κ1) is 20.1. The number of nitrogens with zero attached hydrogens (tertiary/aromatic N) is 2. The number of aromatic nitrogens is 2. The van der Waals surface area contributed by atoms with Gasteiger partial charge in [0.1, 0.15) is 16.4 Å². The zero-order valence-corrected chi connectivity index (χ0v) is 18.4. The Bertz CT molecular complexity index is 1260. The van der Waals surface area contributed by atoms with Gasteiger partial charge in [0.2, 0.25) is 5.91 Å². The lowest BCUT2D eigenvalue weighted by Crippen LogP contribution is -2.27. The monoisotopic (exact) mass is 455 g/mol. The second kappa shape index (κ2) is 8.76. The molecular weight excluding hydrogens is 434 g/mol. The summed E-state index contributed by atoms with van der Waals surface area (Å²) in [7, 11) is 0. The molecule has 0 aromatic carbocycles. The van der Waals surface area contributed by atoms with Crippen molar-refractivity contribution in [3.63, 3.8) is 0 Å². The third kappa shape index (κ3) is 4.20. The lowest BCUT2D eigenvalue weighted by atomic mass is 9.97. The maximum atomic E-state index is 13.5. The van der Waals surface area contributed by atoms with Gasteiger partial charge in [-0.1, -0.05) is 11.8 Å². The number of thiophene rings is 1. The summed E-state index contributed by atoms with van der Waals surface area (Å²) in [6.45, 7) is 0.617. The van der Waals surface area contributed by atoms with Crippen LogP contribution in [0.5, 0.6) is 0 Å². The average Bonchev–Trinajstić information content (AvgIpc) is 3.53. The van der Waals surface area contributed by atoms with E-state index in [9.17, 15) is 9.59 Å². The van der Waals surface area contributed by atoms with Crippen molar-refractivity contribution in [3.05, 3.63) is 69.1 Å². The SMILES string of the molecule is O=C(CSc1nc2sc3c(c2c(=O)n1Cc1ccco1)CCCC3)NCc1ccco1. The molecule has 4 aromatic rings. The molecule has 4 aromatic heterocycles. The summed E-state index contributed by atoms with van der Waals surface area (Å²) in [4.78, 5) is 32.7. The fraction of sp³-hybridized carbons (Fsp3) is 0.318. The van der Waals surface area contributed by atoms with Crippen LogP contribution in [0.3, 0.4) is 0 Å². The Balaban J connectivity index is 1.44. The molecule has 4 heterocycles. The van der Waals surface area contributed by atoms with Gasteiger partial charge in [0.25, 0.3) is 5.56 Å². The molecule has 9 heteroatoms. The number of hydrogen-bond donors (Lipinski definition) is 1. The molecule has 0 atom stereocenters. The molecule has 0 radical (unpaired) electrons. The molecule has 7 nitrogen and oxygen atoms in total. The van der Waals surface area contributed by atoms with Gasteiger partial charge in [-0.3, -0.25) is 14.2 Å². The maximum absolute atomic E-state index is 13.5. The quantitative estimate of drug-likeness (QED) is 0.335. The highest BCUT2D eigenvalue weighted by molar-refractivity contribution is 7.99. The van der Waals surface area contributed by atoms with E-state index in [1.807, 2.05) is 12.1 Å². The molecule has 0 bridgehead atoms. The number of carbonyl (C=O) groups is 1. The molecule has 1 amide bonds. The smallest absolute Gasteiger partial charge is 0.263 e. The first-order chi connectivity index (χ1) is 15.2. The maximum Gasteiger partial charge on any atom is 0.263 e. The fourth-order valence-electron chi connectivity index (χ4n) is 3.81. The Morgan fingerprint density at radius 3 is 2.71 bits per heavy atom. The summed E-state index contributed by atoms with van der Waals surface area (Å²) in [5.41, 5.74) is 1.10. The van der Waals surface area contributed by atoms with E-state index in [0.717, 1.165) is 41.5 Å². The molecule has 0 saturated heterocycles. The third-order valence-electron chi connectivity index (χ3n) is 5.31. The molecule has 5 rings (SSSR count). The van der Waals surface area contributed by atoms with Crippen molar-refractivity contribution >= 4 is 39.2 Å². The summed E-state index contributed by atoms with van der Waals surface area (Å²) in [6, 6.07) is 7.23. The first-order valence-electron chi connectivity index (χ1n) is 10.2. The van der Waals surface area contributed by atoms with Gasteiger partial charge >= 0.3 is 0 Å². The van der Waals surface area contributed by atoms with Crippen LogP contribution in [0.25, 0.3) is 10.2 Å². The zero-order valence-electron chi connectivity index (χ0n) is 16.8. The summed E-state index contributed by atoms with van der Waals surface area (Å²) >= 11 is 2.88. The van der Waals surface area contributed by atoms with Crippen LogP contribution in [0, 0.1) is 0 Å². The second-order valence-corrected chi connectivity index (χ2v) is 9.43. The Morgan fingerprint density at radius 2 is 1.94 bits per heavy atom. The normalized spacial score (nSPS) is 13.4. The van der Waals surface area contributed by atoms with Crippen LogP contribution in [-0.2, 0) is 30.7 Å². The van der Waals surface area contributed by atoms with Crippen molar-refractivity contribution in [2.24, 2.45) is 0 Å². The zero-order chi connectivity index (χ0) is 21.2. The number of aryl methyl sites for hydroxylation is 2. The lowest BCUT2D eigenvalue weighted by molar-refractivity contribution is -0.118. The number of hydrogen-bond acceptors (Lipinski definition) is 7. The molecule has 0 unspecified atom stereocenters. The van der Waals surface area contributed by atoms with Crippen LogP contribution in [0.2, 0.25) is 0 Å². The van der Waals surface area contributed by atoms with Crippen LogP contribution in [0.1, 0.15) is 34.8 Å². The lowest BCUT2D eigenvalue weighted by Gasteiger charge is -2.12. The molecule has 0 spiro atoms. The van der Waals surface area contributed by atoms with Gasteiger partial charge < -0.3 is 14.2 Å². The Labute approximate surface area is 186 Å². The van der Waals surface area contributed by atoms with Crippen LogP contribution < -0.4 is 10.9 Å². The van der Waals surface area contributed by atoms with E-state index in [-0.39, 0.29) is 23.8 Å². The number of amides is 1. The minimum absolute atomic E-state index is 0.0562. The second-order valence-electron chi connectivity index (χ2n) is 7.40. The van der Waals surface area contributed by atoms with E-state index in [4.69, 9.17) is 13.8 Å². The summed E-state index contributed by atoms with van der Waals surface area (Å²) < 4.78 is 12.3. The molecule has 0 saturated carbocycles. The molecule has 1 N–H and O–H groups in total. The van der Waals surface area contributed by atoms with Gasteiger partial charge in [0.15, 0.2) is 5.16 Å². The minimum atomic E-state index is -0.147. The Hall–Kier alpha value is -2.78. The predicted molar refractivity (Wildman–Crippen MR) is 120 cm³/mol. The van der Waals surface area contributed by atoms with Gasteiger partial charge in [-0.2, -0.15) is 0 Å². The third-order valence-corrected chi connectivity index (χ3v) is 7.47. The van der Waals surface area contributed by atoms with Crippen LogP contribution in [0.4, 0.5) is 0 Å². The van der Waals surface area contributed by atoms with Gasteiger partial charge in [-0.05, 0) is 55.5 Å². The number of thioether (sulfide) groups is 1. The largest absolute Gasteiger partial charge is 0.467 e. The van der Waals surface area contributed by atoms with E-state index in [1.165, 1.54) is 16.6 Å². The van der Waals surface area contributed by atoms with E-state index >= 15 is 0 Å². The minimum Gasteiger partial charge on any atom is -0.467 e. The molecule has 0 aliphatic heterocycles. The van der Waals surface area contributed by atoms with Gasteiger partial charge in [0.05, 0.1) is 36.8 Å². The van der Waals surface area contributed by atoms with E-state index in [0.29, 0.717) is 23.2 Å². The highest BCUT2D eigenvalue weighted by Crippen LogP contribution is 2.34. The van der Waals surface area contributed by atoms with Crippen molar-refractivity contribution in [1.29, 1.82) is 0 Å². The molecule has 0 fully saturated rings. The van der Waals surface area contributed by atoms with Gasteiger partial charge in [-0.25, -0.2) is 4.98 Å². The van der Waals surface area contributed by atoms with Crippen LogP contribution in [0.15, 0.2) is 55.6 Å². The Kier molecular flexibility index (Phi) is 5.69. The van der Waals surface area contributed by atoms with Crippen LogP contribution in [-0.4, -0.2) is 21.2 Å². The van der Waals surface area contributed by atoms with Crippen molar-refractivity contribution in [1.82, 2.24) is 14.9 Å². The summed E-state index contributed by atoms with van der Waals surface area (Å²) in [5.74, 6) is 1.38. The van der Waals surface area contributed by atoms with Crippen molar-refractivity contribution in [3.8, 4) is 0 Å². The average molecular weight is 456 g/mol. The van der Waals surface area contributed by atoms with Gasteiger partial charge in [0, 0.05) is 4.88 Å². The number of fused-ring (bicyclic) bond motifs is 3. The molecule has 160 valence electrons. The highest BCUT2D eigenvalue weighted by atomic mass is 32.2. The molecule has 31 heavy (non-hydrogen) atoms. The van der Waals surface area contributed by atoms with E-state index in [2.05, 4.69) is 5.32 Å². The van der Waals surface area contributed by atoms with Crippen molar-refractivity contribution in [2.75, 3.05) is 5.75 Å². The van der Waals surface area contributed by atoms with E-state index in [1.54, 1.807) is 40.6 Å². The topological polar surface area (TPSA) is 90.3 Å².